The van der Waals surface area contributed by atoms with E-state index >= 15 is 0 Å². The molecule has 0 fully saturated rings. The molecule has 0 spiro atoms. The summed E-state index contributed by atoms with van der Waals surface area (Å²) < 4.78 is 5.69. The topological polar surface area (TPSA) is 52.0 Å². The minimum atomic E-state index is 0.382. The highest BCUT2D eigenvalue weighted by atomic mass is 16.3. The van der Waals surface area contributed by atoms with Gasteiger partial charge in [0.25, 0.3) is 0 Å². The van der Waals surface area contributed by atoms with Crippen molar-refractivity contribution in [3.05, 3.63) is 30.3 Å². The number of fused-ring (bicyclic) bond motifs is 1. The van der Waals surface area contributed by atoms with E-state index in [1.807, 2.05) is 18.3 Å². The molecule has 3 heteroatoms. The molecule has 0 radical (unpaired) electrons. The lowest BCUT2D eigenvalue weighted by molar-refractivity contribution is 0.492. The number of pyridine rings is 1. The van der Waals surface area contributed by atoms with Gasteiger partial charge < -0.3 is 10.2 Å². The van der Waals surface area contributed by atoms with Gasteiger partial charge in [-0.25, -0.2) is 0 Å². The van der Waals surface area contributed by atoms with Gasteiger partial charge in [0.1, 0.15) is 11.3 Å². The van der Waals surface area contributed by atoms with Gasteiger partial charge in [0.05, 0.1) is 0 Å². The van der Waals surface area contributed by atoms with Gasteiger partial charge in [0.2, 0.25) is 0 Å². The van der Waals surface area contributed by atoms with E-state index in [0.717, 1.165) is 23.2 Å². The van der Waals surface area contributed by atoms with Gasteiger partial charge >= 0.3 is 0 Å². The Kier molecular flexibility index (Phi) is 2.50. The lowest BCUT2D eigenvalue weighted by atomic mass is 10.1. The molecule has 2 aromatic heterocycles. The van der Waals surface area contributed by atoms with Crippen molar-refractivity contribution < 1.29 is 4.42 Å². The summed E-state index contributed by atoms with van der Waals surface area (Å²) in [5.41, 5.74) is 6.41. The molecule has 1 atom stereocenters. The van der Waals surface area contributed by atoms with Gasteiger partial charge in [-0.2, -0.15) is 0 Å². The van der Waals surface area contributed by atoms with Crippen LogP contribution in [0, 0.1) is 0 Å². The maximum atomic E-state index is 5.69. The molecule has 0 saturated heterocycles. The van der Waals surface area contributed by atoms with E-state index in [1.165, 1.54) is 0 Å². The molecule has 0 amide bonds. The van der Waals surface area contributed by atoms with Gasteiger partial charge in [-0.15, -0.1) is 0 Å². The number of rotatable bonds is 3. The van der Waals surface area contributed by atoms with Crippen molar-refractivity contribution in [1.29, 1.82) is 0 Å². The van der Waals surface area contributed by atoms with Gasteiger partial charge in [0, 0.05) is 23.7 Å². The first-order chi connectivity index (χ1) is 6.81. The van der Waals surface area contributed by atoms with Crippen LogP contribution in [0.1, 0.15) is 25.0 Å². The van der Waals surface area contributed by atoms with Crippen LogP contribution in [0.3, 0.4) is 0 Å². The molecule has 0 aliphatic heterocycles. The van der Waals surface area contributed by atoms with Crippen LogP contribution < -0.4 is 5.73 Å². The third-order valence-corrected chi connectivity index (χ3v) is 2.42. The van der Waals surface area contributed by atoms with Crippen molar-refractivity contribution in [3.63, 3.8) is 0 Å². The Morgan fingerprint density at radius 3 is 3.14 bits per heavy atom. The lowest BCUT2D eigenvalue weighted by Crippen LogP contribution is -2.03. The molecule has 0 aliphatic carbocycles. The predicted octanol–water partition coefficient (Wildman–Crippen LogP) is 2.28. The summed E-state index contributed by atoms with van der Waals surface area (Å²) in [6.07, 6.45) is 4.51. The smallest absolute Gasteiger partial charge is 0.137 e. The Hall–Kier alpha value is -1.35. The molecule has 2 aromatic rings. The van der Waals surface area contributed by atoms with Crippen LogP contribution in [0.5, 0.6) is 0 Å². The molecular weight excluding hydrogens is 176 g/mol. The van der Waals surface area contributed by atoms with E-state index in [9.17, 15) is 0 Å². The monoisotopic (exact) mass is 190 g/mol. The molecule has 0 aliphatic rings. The van der Waals surface area contributed by atoms with Crippen LogP contribution in [0.4, 0.5) is 0 Å². The zero-order chi connectivity index (χ0) is 9.97. The Morgan fingerprint density at radius 1 is 1.57 bits per heavy atom. The normalized spacial score (nSPS) is 13.3. The SMILES string of the molecule is CC(CCN)c1cc2cnccc2o1. The van der Waals surface area contributed by atoms with Crippen molar-refractivity contribution in [2.45, 2.75) is 19.3 Å². The van der Waals surface area contributed by atoms with E-state index < -0.39 is 0 Å². The molecular formula is C11H14N2O. The average Bonchev–Trinajstić information content (AvgIpc) is 2.61. The highest BCUT2D eigenvalue weighted by Gasteiger charge is 2.10. The molecule has 74 valence electrons. The first-order valence-corrected chi connectivity index (χ1v) is 4.85. The van der Waals surface area contributed by atoms with E-state index in [-0.39, 0.29) is 0 Å². The van der Waals surface area contributed by atoms with Crippen LogP contribution in [0.15, 0.2) is 28.9 Å². The highest BCUT2D eigenvalue weighted by molar-refractivity contribution is 5.76. The maximum Gasteiger partial charge on any atom is 0.137 e. The zero-order valence-electron chi connectivity index (χ0n) is 8.23. The lowest BCUT2D eigenvalue weighted by Gasteiger charge is -2.04. The molecule has 2 heterocycles. The molecule has 2 rings (SSSR count). The first kappa shape index (κ1) is 9.21. The van der Waals surface area contributed by atoms with Crippen molar-refractivity contribution in [2.75, 3.05) is 6.54 Å². The molecule has 0 saturated carbocycles. The first-order valence-electron chi connectivity index (χ1n) is 4.85. The Morgan fingerprint density at radius 2 is 2.43 bits per heavy atom. The molecule has 14 heavy (non-hydrogen) atoms. The maximum absolute atomic E-state index is 5.69. The van der Waals surface area contributed by atoms with E-state index in [1.54, 1.807) is 6.20 Å². The molecule has 2 N–H and O–H groups in total. The second-order valence-corrected chi connectivity index (χ2v) is 3.54. The summed E-state index contributed by atoms with van der Waals surface area (Å²) in [5, 5.41) is 1.06. The fourth-order valence-electron chi connectivity index (χ4n) is 1.54. The van der Waals surface area contributed by atoms with Crippen LogP contribution in [0.2, 0.25) is 0 Å². The van der Waals surface area contributed by atoms with Gasteiger partial charge in [0.15, 0.2) is 0 Å². The zero-order valence-corrected chi connectivity index (χ0v) is 8.23. The summed E-state index contributed by atoms with van der Waals surface area (Å²) in [5.74, 6) is 1.38. The minimum absolute atomic E-state index is 0.382. The fraction of sp³-hybridized carbons (Fsp3) is 0.364. The van der Waals surface area contributed by atoms with E-state index in [2.05, 4.69) is 11.9 Å². The van der Waals surface area contributed by atoms with Crippen molar-refractivity contribution in [3.8, 4) is 0 Å². The second-order valence-electron chi connectivity index (χ2n) is 3.54. The average molecular weight is 190 g/mol. The van der Waals surface area contributed by atoms with Crippen LogP contribution >= 0.6 is 0 Å². The van der Waals surface area contributed by atoms with Crippen LogP contribution in [-0.4, -0.2) is 11.5 Å². The Bertz CT molecular complexity index is 389. The summed E-state index contributed by atoms with van der Waals surface area (Å²) in [6, 6.07) is 3.93. The number of hydrogen-bond acceptors (Lipinski definition) is 3. The number of furan rings is 1. The third-order valence-electron chi connectivity index (χ3n) is 2.42. The molecule has 0 aromatic carbocycles. The number of nitrogens with zero attached hydrogens (tertiary/aromatic N) is 1. The largest absolute Gasteiger partial charge is 0.461 e. The van der Waals surface area contributed by atoms with Gasteiger partial charge in [-0.1, -0.05) is 6.92 Å². The molecule has 0 bridgehead atoms. The van der Waals surface area contributed by atoms with E-state index in [0.29, 0.717) is 12.5 Å². The molecule has 3 nitrogen and oxygen atoms in total. The fourth-order valence-corrected chi connectivity index (χ4v) is 1.54. The summed E-state index contributed by atoms with van der Waals surface area (Å²) >= 11 is 0. The van der Waals surface area contributed by atoms with Gasteiger partial charge in [-0.3, -0.25) is 4.98 Å². The van der Waals surface area contributed by atoms with Crippen molar-refractivity contribution in [1.82, 2.24) is 4.98 Å². The molecule has 1 unspecified atom stereocenters. The quantitative estimate of drug-likeness (QED) is 0.807. The number of hydrogen-bond donors (Lipinski definition) is 1. The van der Waals surface area contributed by atoms with Gasteiger partial charge in [-0.05, 0) is 25.1 Å². The number of aromatic nitrogens is 1. The van der Waals surface area contributed by atoms with Crippen molar-refractivity contribution in [2.24, 2.45) is 5.73 Å². The van der Waals surface area contributed by atoms with Crippen LogP contribution in [0.25, 0.3) is 11.0 Å². The number of nitrogens with two attached hydrogens (primary N) is 1. The Labute approximate surface area is 82.9 Å². The summed E-state index contributed by atoms with van der Waals surface area (Å²) in [7, 11) is 0. The third kappa shape index (κ3) is 1.63. The standard InChI is InChI=1S/C11H14N2O/c1-8(2-4-12)11-6-9-7-13-5-3-10(9)14-11/h3,5-8H,2,4,12H2,1H3. The predicted molar refractivity (Wildman–Crippen MR) is 56.1 cm³/mol. The van der Waals surface area contributed by atoms with E-state index in [4.69, 9.17) is 10.2 Å². The minimum Gasteiger partial charge on any atom is -0.461 e. The highest BCUT2D eigenvalue weighted by Crippen LogP contribution is 2.25. The summed E-state index contributed by atoms with van der Waals surface area (Å²) in [6.45, 7) is 2.81. The second kappa shape index (κ2) is 3.80. The Balaban J connectivity index is 2.35. The van der Waals surface area contributed by atoms with Crippen molar-refractivity contribution >= 4 is 11.0 Å². The summed E-state index contributed by atoms with van der Waals surface area (Å²) in [4.78, 5) is 4.05. The van der Waals surface area contributed by atoms with Crippen LogP contribution in [-0.2, 0) is 0 Å².